The predicted molar refractivity (Wildman–Crippen MR) is 95.5 cm³/mol. The molecule has 0 bridgehead atoms. The van der Waals surface area contributed by atoms with Crippen LogP contribution in [0.25, 0.3) is 33.7 Å². The molecule has 2 aromatic heterocycles. The molecule has 0 amide bonds. The minimum Gasteiger partial charge on any atom is -0.405 e. The van der Waals surface area contributed by atoms with Gasteiger partial charge in [-0.25, -0.2) is 0 Å². The van der Waals surface area contributed by atoms with Crippen LogP contribution in [0, 0.1) is 0 Å². The van der Waals surface area contributed by atoms with Crippen molar-refractivity contribution in [3.63, 3.8) is 0 Å². The van der Waals surface area contributed by atoms with Crippen LogP contribution in [0.15, 0.2) is 53.2 Å². The minimum atomic E-state index is -4.82. The van der Waals surface area contributed by atoms with Gasteiger partial charge in [-0.3, -0.25) is 4.68 Å². The first kappa shape index (κ1) is 18.0. The first-order valence-corrected chi connectivity index (χ1v) is 8.48. The van der Waals surface area contributed by atoms with E-state index in [2.05, 4.69) is 20.0 Å². The molecular weight excluding hydrogens is 373 g/mol. The average Bonchev–Trinajstić information content (AvgIpc) is 3.27. The molecule has 0 fully saturated rings. The number of ether oxygens (including phenoxy) is 1. The van der Waals surface area contributed by atoms with E-state index in [1.54, 1.807) is 18.3 Å². The van der Waals surface area contributed by atoms with E-state index in [9.17, 15) is 13.2 Å². The van der Waals surface area contributed by atoms with Gasteiger partial charge in [0.2, 0.25) is 5.82 Å². The maximum atomic E-state index is 12.6. The number of aromatic nitrogens is 4. The Morgan fingerprint density at radius 2 is 1.89 bits per heavy atom. The highest BCUT2D eigenvalue weighted by Gasteiger charge is 2.32. The maximum Gasteiger partial charge on any atom is 0.573 e. The lowest BCUT2D eigenvalue weighted by molar-refractivity contribution is -0.274. The maximum absolute atomic E-state index is 12.6. The van der Waals surface area contributed by atoms with E-state index in [0.29, 0.717) is 5.56 Å². The van der Waals surface area contributed by atoms with E-state index < -0.39 is 12.1 Å². The Kier molecular flexibility index (Phi) is 4.29. The van der Waals surface area contributed by atoms with Gasteiger partial charge in [-0.05, 0) is 44.2 Å². The van der Waals surface area contributed by atoms with E-state index in [0.717, 1.165) is 10.9 Å². The van der Waals surface area contributed by atoms with Crippen molar-refractivity contribution in [2.24, 2.45) is 0 Å². The average molecular weight is 388 g/mol. The number of hydrogen-bond donors (Lipinski definition) is 0. The summed E-state index contributed by atoms with van der Waals surface area (Å²) in [4.78, 5) is 4.24. The van der Waals surface area contributed by atoms with Crippen LogP contribution < -0.4 is 4.74 Å². The topological polar surface area (TPSA) is 66.0 Å². The van der Waals surface area contributed by atoms with Gasteiger partial charge < -0.3 is 9.26 Å². The summed E-state index contributed by atoms with van der Waals surface area (Å²) in [5.41, 5.74) is 1.69. The highest BCUT2D eigenvalue weighted by molar-refractivity contribution is 5.83. The van der Waals surface area contributed by atoms with Crippen LogP contribution in [0.1, 0.15) is 19.9 Å². The molecule has 0 atom stereocenters. The van der Waals surface area contributed by atoms with E-state index in [1.807, 2.05) is 30.7 Å². The highest BCUT2D eigenvalue weighted by atomic mass is 19.4. The van der Waals surface area contributed by atoms with Gasteiger partial charge in [-0.15, -0.1) is 13.2 Å². The van der Waals surface area contributed by atoms with Crippen molar-refractivity contribution < 1.29 is 22.4 Å². The van der Waals surface area contributed by atoms with Crippen LogP contribution in [0.3, 0.4) is 0 Å². The number of fused-ring (bicyclic) bond motifs is 1. The first-order chi connectivity index (χ1) is 13.3. The molecule has 2 heterocycles. The molecule has 0 aliphatic rings. The summed E-state index contributed by atoms with van der Waals surface area (Å²) in [5.74, 6) is -0.195. The Labute approximate surface area is 157 Å². The number of hydrogen-bond acceptors (Lipinski definition) is 5. The molecule has 0 unspecified atom stereocenters. The van der Waals surface area contributed by atoms with E-state index in [1.165, 1.54) is 18.2 Å². The zero-order valence-electron chi connectivity index (χ0n) is 14.9. The molecule has 4 rings (SSSR count). The summed E-state index contributed by atoms with van der Waals surface area (Å²) in [7, 11) is 0. The zero-order chi connectivity index (χ0) is 19.9. The fraction of sp³-hybridized carbons (Fsp3) is 0.211. The summed E-state index contributed by atoms with van der Waals surface area (Å²) >= 11 is 0. The summed E-state index contributed by atoms with van der Waals surface area (Å²) in [6.45, 7) is 4.07. The Bertz CT molecular complexity index is 1130. The third-order valence-electron chi connectivity index (χ3n) is 4.11. The molecule has 0 aliphatic heterocycles. The number of nitrogens with zero attached hydrogens (tertiary/aromatic N) is 4. The quantitative estimate of drug-likeness (QED) is 0.479. The molecule has 6 nitrogen and oxygen atoms in total. The Hall–Kier alpha value is -3.36. The monoisotopic (exact) mass is 388 g/mol. The fourth-order valence-corrected chi connectivity index (χ4v) is 2.91. The van der Waals surface area contributed by atoms with Gasteiger partial charge in [-0.1, -0.05) is 17.3 Å². The SMILES string of the molecule is CC(C)n1ncc2cc(-c3nc(-c4ccccc4OC(F)(F)F)no3)ccc21. The van der Waals surface area contributed by atoms with Crippen LogP contribution in [0.2, 0.25) is 0 Å². The summed E-state index contributed by atoms with van der Waals surface area (Å²) in [6, 6.07) is 11.4. The Morgan fingerprint density at radius 1 is 1.11 bits per heavy atom. The van der Waals surface area contributed by atoms with Crippen LogP contribution in [-0.2, 0) is 0 Å². The molecule has 9 heteroatoms. The van der Waals surface area contributed by atoms with Gasteiger partial charge in [0, 0.05) is 17.0 Å². The van der Waals surface area contributed by atoms with Crippen molar-refractivity contribution in [2.75, 3.05) is 0 Å². The largest absolute Gasteiger partial charge is 0.573 e. The van der Waals surface area contributed by atoms with Crippen LogP contribution >= 0.6 is 0 Å². The second-order valence-electron chi connectivity index (χ2n) is 6.42. The molecule has 0 saturated heterocycles. The van der Waals surface area contributed by atoms with E-state index in [-0.39, 0.29) is 23.3 Å². The zero-order valence-corrected chi connectivity index (χ0v) is 14.9. The summed E-state index contributed by atoms with van der Waals surface area (Å²) in [5, 5.41) is 9.06. The molecule has 2 aromatic carbocycles. The number of benzene rings is 2. The minimum absolute atomic E-state index is 0.00724. The number of halogens is 3. The molecule has 0 N–H and O–H groups in total. The third-order valence-corrected chi connectivity index (χ3v) is 4.11. The Morgan fingerprint density at radius 3 is 2.64 bits per heavy atom. The lowest BCUT2D eigenvalue weighted by Gasteiger charge is -2.10. The van der Waals surface area contributed by atoms with Gasteiger partial charge in [0.25, 0.3) is 5.89 Å². The van der Waals surface area contributed by atoms with Gasteiger partial charge in [0.05, 0.1) is 17.3 Å². The second kappa shape index (κ2) is 6.66. The standard InChI is InChI=1S/C19H15F3N4O2/c1-11(2)26-15-8-7-12(9-13(15)10-23-26)18-24-17(25-28-18)14-5-3-4-6-16(14)27-19(20,21)22/h3-11H,1-2H3. The number of alkyl halides is 3. The molecule has 0 spiro atoms. The second-order valence-corrected chi connectivity index (χ2v) is 6.42. The van der Waals surface area contributed by atoms with Gasteiger partial charge in [-0.2, -0.15) is 10.1 Å². The van der Waals surface area contributed by atoms with Crippen LogP contribution in [-0.4, -0.2) is 26.3 Å². The van der Waals surface area contributed by atoms with Crippen LogP contribution in [0.4, 0.5) is 13.2 Å². The van der Waals surface area contributed by atoms with E-state index >= 15 is 0 Å². The molecular formula is C19H15F3N4O2. The summed E-state index contributed by atoms with van der Waals surface area (Å²) < 4.78 is 49.1. The van der Waals surface area contributed by atoms with E-state index in [4.69, 9.17) is 4.52 Å². The number of rotatable bonds is 4. The molecule has 0 saturated carbocycles. The molecule has 144 valence electrons. The normalized spacial score (nSPS) is 12.1. The van der Waals surface area contributed by atoms with Gasteiger partial charge >= 0.3 is 6.36 Å². The van der Waals surface area contributed by atoms with Crippen molar-refractivity contribution in [3.8, 4) is 28.6 Å². The predicted octanol–water partition coefficient (Wildman–Crippen LogP) is 5.23. The van der Waals surface area contributed by atoms with Crippen molar-refractivity contribution in [1.29, 1.82) is 0 Å². The van der Waals surface area contributed by atoms with Crippen molar-refractivity contribution in [1.82, 2.24) is 19.9 Å². The van der Waals surface area contributed by atoms with Crippen LogP contribution in [0.5, 0.6) is 5.75 Å². The Balaban J connectivity index is 1.70. The third kappa shape index (κ3) is 3.42. The molecule has 4 aromatic rings. The lowest BCUT2D eigenvalue weighted by atomic mass is 10.1. The fourth-order valence-electron chi connectivity index (χ4n) is 2.91. The van der Waals surface area contributed by atoms with Gasteiger partial charge in [0.15, 0.2) is 0 Å². The smallest absolute Gasteiger partial charge is 0.405 e. The lowest BCUT2D eigenvalue weighted by Crippen LogP contribution is -2.17. The van der Waals surface area contributed by atoms with Crippen molar-refractivity contribution in [3.05, 3.63) is 48.7 Å². The molecule has 0 aliphatic carbocycles. The molecule has 0 radical (unpaired) electrons. The highest BCUT2D eigenvalue weighted by Crippen LogP contribution is 2.33. The van der Waals surface area contributed by atoms with Crippen molar-refractivity contribution >= 4 is 10.9 Å². The first-order valence-electron chi connectivity index (χ1n) is 8.48. The summed E-state index contributed by atoms with van der Waals surface area (Å²) in [6.07, 6.45) is -3.08. The van der Waals surface area contributed by atoms with Gasteiger partial charge in [0.1, 0.15) is 5.75 Å². The van der Waals surface area contributed by atoms with Crippen molar-refractivity contribution in [2.45, 2.75) is 26.3 Å². The molecule has 28 heavy (non-hydrogen) atoms. The number of para-hydroxylation sites is 1.